The minimum Gasteiger partial charge on any atom is -0.395 e. The normalized spacial score (nSPS) is 18.9. The highest BCUT2D eigenvalue weighted by atomic mass is 16.3. The van der Waals surface area contributed by atoms with Crippen LogP contribution in [-0.2, 0) is 16.8 Å². The van der Waals surface area contributed by atoms with E-state index in [1.165, 1.54) is 0 Å². The first kappa shape index (κ1) is 18.9. The summed E-state index contributed by atoms with van der Waals surface area (Å²) in [6.45, 7) is 0.828. The average Bonchev–Trinajstić information content (AvgIpc) is 2.97. The molecule has 1 aliphatic rings. The Morgan fingerprint density at radius 1 is 0.889 bits per heavy atom. The Morgan fingerprint density at radius 2 is 1.52 bits per heavy atom. The molecule has 0 aromatic heterocycles. The van der Waals surface area contributed by atoms with Crippen molar-refractivity contribution in [2.45, 2.75) is 12.0 Å². The maximum absolute atomic E-state index is 12.6. The molecule has 2 aromatic rings. The Hall–Kier alpha value is -2.90. The lowest BCUT2D eigenvalue weighted by atomic mass is 9.84. The van der Waals surface area contributed by atoms with Gasteiger partial charge in [0.2, 0.25) is 0 Å². The van der Waals surface area contributed by atoms with Crippen LogP contribution in [0.2, 0.25) is 0 Å². The number of hydrogen-bond acceptors (Lipinski definition) is 5. The molecule has 7 heteroatoms. The second-order valence-corrected chi connectivity index (χ2v) is 6.46. The predicted molar refractivity (Wildman–Crippen MR) is 101 cm³/mol. The summed E-state index contributed by atoms with van der Waals surface area (Å²) in [4.78, 5) is 26.3. The van der Waals surface area contributed by atoms with Gasteiger partial charge < -0.3 is 20.4 Å². The van der Waals surface area contributed by atoms with Crippen molar-refractivity contribution in [3.63, 3.8) is 0 Å². The number of anilines is 1. The van der Waals surface area contributed by atoms with Gasteiger partial charge in [-0.1, -0.05) is 42.5 Å². The number of carbonyl (C=O) groups excluding carboxylic acids is 2. The van der Waals surface area contributed by atoms with Crippen LogP contribution in [0.5, 0.6) is 0 Å². The summed E-state index contributed by atoms with van der Waals surface area (Å²) in [5.41, 5.74) is 1.33. The second-order valence-electron chi connectivity index (χ2n) is 6.46. The summed E-state index contributed by atoms with van der Waals surface area (Å²) >= 11 is 0. The summed E-state index contributed by atoms with van der Waals surface area (Å²) in [6, 6.07) is 16.2. The number of urea groups is 1. The monoisotopic (exact) mass is 369 g/mol. The maximum atomic E-state index is 12.6. The molecule has 1 atom stereocenters. The summed E-state index contributed by atoms with van der Waals surface area (Å²) < 4.78 is 0. The minimum absolute atomic E-state index is 0.00886. The van der Waals surface area contributed by atoms with Crippen molar-refractivity contribution in [2.75, 3.05) is 31.2 Å². The van der Waals surface area contributed by atoms with Crippen molar-refractivity contribution in [1.82, 2.24) is 10.6 Å². The Bertz CT molecular complexity index is 789. The number of aliphatic hydroxyl groups is 2. The van der Waals surface area contributed by atoms with E-state index >= 15 is 0 Å². The molecule has 4 N–H and O–H groups in total. The molecular formula is C20H23N3O4. The summed E-state index contributed by atoms with van der Waals surface area (Å²) in [5, 5.41) is 23.5. The van der Waals surface area contributed by atoms with Crippen molar-refractivity contribution in [1.29, 1.82) is 0 Å². The molecular weight excluding hydrogens is 346 g/mol. The van der Waals surface area contributed by atoms with E-state index < -0.39 is 11.6 Å². The van der Waals surface area contributed by atoms with Gasteiger partial charge in [0.15, 0.2) is 5.54 Å². The number of carbonyl (C=O) groups is 2. The fraction of sp³-hybridized carbons (Fsp3) is 0.300. The molecule has 7 nitrogen and oxygen atoms in total. The molecule has 1 saturated heterocycles. The lowest BCUT2D eigenvalue weighted by molar-refractivity contribution is -0.124. The third-order valence-corrected chi connectivity index (χ3v) is 4.72. The summed E-state index contributed by atoms with van der Waals surface area (Å²) in [5.74, 6) is -0.370. The lowest BCUT2D eigenvalue weighted by Crippen LogP contribution is -2.45. The van der Waals surface area contributed by atoms with Crippen LogP contribution < -0.4 is 15.5 Å². The molecule has 0 saturated carbocycles. The van der Waals surface area contributed by atoms with E-state index in [4.69, 9.17) is 0 Å². The van der Waals surface area contributed by atoms with Crippen LogP contribution in [0.3, 0.4) is 0 Å². The van der Waals surface area contributed by atoms with Crippen molar-refractivity contribution in [3.05, 3.63) is 65.7 Å². The van der Waals surface area contributed by atoms with Gasteiger partial charge in [0.05, 0.1) is 13.2 Å². The molecule has 27 heavy (non-hydrogen) atoms. The van der Waals surface area contributed by atoms with Crippen LogP contribution in [0.15, 0.2) is 54.6 Å². The van der Waals surface area contributed by atoms with Crippen molar-refractivity contribution in [2.24, 2.45) is 0 Å². The van der Waals surface area contributed by atoms with Crippen LogP contribution in [0.4, 0.5) is 10.5 Å². The van der Waals surface area contributed by atoms with E-state index in [2.05, 4.69) is 10.6 Å². The molecule has 2 aromatic carbocycles. The van der Waals surface area contributed by atoms with Crippen LogP contribution in [0.25, 0.3) is 0 Å². The molecule has 1 aliphatic heterocycles. The Balaban J connectivity index is 1.87. The zero-order valence-electron chi connectivity index (χ0n) is 14.9. The predicted octanol–water partition coefficient (Wildman–Crippen LogP) is 0.755. The Morgan fingerprint density at radius 3 is 2.04 bits per heavy atom. The molecule has 3 rings (SSSR count). The molecule has 1 heterocycles. The van der Waals surface area contributed by atoms with Crippen LogP contribution in [-0.4, -0.2) is 48.5 Å². The third-order valence-electron chi connectivity index (χ3n) is 4.72. The molecule has 0 aliphatic carbocycles. The SMILES string of the molecule is O=C1NC(=O)C(Cc2ccc(N(CCO)CCO)cc2)(c2ccccc2)N1. The van der Waals surface area contributed by atoms with E-state index in [0.717, 1.165) is 16.8 Å². The highest BCUT2D eigenvalue weighted by Gasteiger charge is 2.47. The zero-order valence-corrected chi connectivity index (χ0v) is 14.9. The maximum Gasteiger partial charge on any atom is 0.322 e. The molecule has 3 amide bonds. The standard InChI is InChI=1S/C20H23N3O4/c24-12-10-23(11-13-25)17-8-6-15(7-9-17)14-20(16-4-2-1-3-5-16)18(26)21-19(27)22-20/h1-9,24-25H,10-14H2,(H2,21,22,26,27). The van der Waals surface area contributed by atoms with Crippen LogP contribution in [0, 0.1) is 0 Å². The number of amides is 3. The largest absolute Gasteiger partial charge is 0.395 e. The average molecular weight is 369 g/mol. The number of hydrogen-bond donors (Lipinski definition) is 4. The van der Waals surface area contributed by atoms with Gasteiger partial charge in [0, 0.05) is 25.2 Å². The fourth-order valence-corrected chi connectivity index (χ4v) is 3.39. The van der Waals surface area contributed by atoms with E-state index in [1.54, 1.807) is 0 Å². The Labute approximate surface area is 157 Å². The van der Waals surface area contributed by atoms with Gasteiger partial charge in [0.1, 0.15) is 0 Å². The molecule has 0 spiro atoms. The molecule has 142 valence electrons. The number of rotatable bonds is 8. The quantitative estimate of drug-likeness (QED) is 0.515. The highest BCUT2D eigenvalue weighted by molar-refractivity contribution is 6.07. The van der Waals surface area contributed by atoms with E-state index in [1.807, 2.05) is 59.5 Å². The highest BCUT2D eigenvalue weighted by Crippen LogP contribution is 2.30. The van der Waals surface area contributed by atoms with E-state index in [0.29, 0.717) is 19.5 Å². The van der Waals surface area contributed by atoms with Crippen LogP contribution in [0.1, 0.15) is 11.1 Å². The summed E-state index contributed by atoms with van der Waals surface area (Å²) in [7, 11) is 0. The van der Waals surface area contributed by atoms with E-state index in [9.17, 15) is 19.8 Å². The molecule has 1 unspecified atom stereocenters. The minimum atomic E-state index is -1.14. The Kier molecular flexibility index (Phi) is 5.73. The van der Waals surface area contributed by atoms with Gasteiger partial charge in [-0.25, -0.2) is 4.79 Å². The number of benzene rings is 2. The molecule has 1 fully saturated rings. The molecule has 0 radical (unpaired) electrons. The number of nitrogens with one attached hydrogen (secondary N) is 2. The van der Waals surface area contributed by atoms with Gasteiger partial charge in [-0.15, -0.1) is 0 Å². The van der Waals surface area contributed by atoms with Gasteiger partial charge in [-0.3, -0.25) is 10.1 Å². The lowest BCUT2D eigenvalue weighted by Gasteiger charge is -2.27. The van der Waals surface area contributed by atoms with E-state index in [-0.39, 0.29) is 19.1 Å². The number of nitrogens with zero attached hydrogens (tertiary/aromatic N) is 1. The number of imide groups is 1. The van der Waals surface area contributed by atoms with Gasteiger partial charge in [0.25, 0.3) is 5.91 Å². The fourth-order valence-electron chi connectivity index (χ4n) is 3.39. The van der Waals surface area contributed by atoms with Crippen molar-refractivity contribution >= 4 is 17.6 Å². The van der Waals surface area contributed by atoms with Gasteiger partial charge >= 0.3 is 6.03 Å². The zero-order chi connectivity index (χ0) is 19.3. The first-order chi connectivity index (χ1) is 13.1. The summed E-state index contributed by atoms with van der Waals surface area (Å²) in [6.07, 6.45) is 0.314. The molecule has 0 bridgehead atoms. The number of aliphatic hydroxyl groups excluding tert-OH is 2. The van der Waals surface area contributed by atoms with Gasteiger partial charge in [-0.2, -0.15) is 0 Å². The van der Waals surface area contributed by atoms with Crippen LogP contribution >= 0.6 is 0 Å². The third kappa shape index (κ3) is 3.94. The first-order valence-electron chi connectivity index (χ1n) is 8.84. The first-order valence-corrected chi connectivity index (χ1v) is 8.84. The van der Waals surface area contributed by atoms with Crippen molar-refractivity contribution < 1.29 is 19.8 Å². The topological polar surface area (TPSA) is 102 Å². The second kappa shape index (κ2) is 8.20. The smallest absolute Gasteiger partial charge is 0.322 e. The van der Waals surface area contributed by atoms with Gasteiger partial charge in [-0.05, 0) is 23.3 Å². The van der Waals surface area contributed by atoms with Crippen molar-refractivity contribution in [3.8, 4) is 0 Å².